The zero-order valence-corrected chi connectivity index (χ0v) is 9.94. The second-order valence-electron chi connectivity index (χ2n) is 4.32. The van der Waals surface area contributed by atoms with Gasteiger partial charge in [-0.25, -0.2) is 4.98 Å². The smallest absolute Gasteiger partial charge is 0.222 e. The minimum absolute atomic E-state index is 0.763. The van der Waals surface area contributed by atoms with Gasteiger partial charge in [-0.05, 0) is 42.5 Å². The van der Waals surface area contributed by atoms with Crippen LogP contribution in [-0.2, 0) is 19.3 Å². The molecule has 0 fully saturated rings. The highest BCUT2D eigenvalue weighted by molar-refractivity contribution is 5.46. The number of aromatic nitrogens is 1. The second-order valence-corrected chi connectivity index (χ2v) is 4.32. The van der Waals surface area contributed by atoms with Crippen LogP contribution < -0.4 is 4.74 Å². The molecule has 0 saturated heterocycles. The monoisotopic (exact) mass is 225 g/mol. The van der Waals surface area contributed by atoms with Gasteiger partial charge in [-0.3, -0.25) is 0 Å². The molecule has 2 aromatic rings. The lowest BCUT2D eigenvalue weighted by molar-refractivity contribution is 0.459. The Balaban J connectivity index is 2.09. The lowest BCUT2D eigenvalue weighted by atomic mass is 9.99. The predicted octanol–water partition coefficient (Wildman–Crippen LogP) is 3.53. The molecule has 3 rings (SSSR count). The molecule has 0 spiro atoms. The van der Waals surface area contributed by atoms with Gasteiger partial charge in [-0.2, -0.15) is 0 Å². The van der Waals surface area contributed by atoms with Gasteiger partial charge < -0.3 is 4.74 Å². The quantitative estimate of drug-likeness (QED) is 0.740. The Morgan fingerprint density at radius 2 is 2.12 bits per heavy atom. The topological polar surface area (TPSA) is 22.1 Å². The van der Waals surface area contributed by atoms with E-state index in [9.17, 15) is 0 Å². The first kappa shape index (κ1) is 10.3. The maximum Gasteiger partial charge on any atom is 0.222 e. The summed E-state index contributed by atoms with van der Waals surface area (Å²) >= 11 is 0. The second kappa shape index (κ2) is 4.21. The summed E-state index contributed by atoms with van der Waals surface area (Å²) in [6.07, 6.45) is 4.88. The van der Waals surface area contributed by atoms with E-state index in [0.717, 1.165) is 30.9 Å². The first-order valence-electron chi connectivity index (χ1n) is 6.11. The first-order valence-corrected chi connectivity index (χ1v) is 6.11. The van der Waals surface area contributed by atoms with Crippen molar-refractivity contribution in [2.45, 2.75) is 26.2 Å². The molecule has 1 aliphatic heterocycles. The van der Waals surface area contributed by atoms with Gasteiger partial charge in [-0.1, -0.05) is 25.1 Å². The number of pyridine rings is 1. The molecule has 0 N–H and O–H groups in total. The van der Waals surface area contributed by atoms with Crippen LogP contribution in [0.25, 0.3) is 0 Å². The van der Waals surface area contributed by atoms with E-state index < -0.39 is 0 Å². The molecular weight excluding hydrogens is 210 g/mol. The van der Waals surface area contributed by atoms with Crippen LogP contribution in [0.3, 0.4) is 0 Å². The van der Waals surface area contributed by atoms with Crippen molar-refractivity contribution in [1.29, 1.82) is 0 Å². The van der Waals surface area contributed by atoms with Crippen LogP contribution in [0.2, 0.25) is 0 Å². The average Bonchev–Trinajstić information content (AvgIpc) is 2.57. The van der Waals surface area contributed by atoms with Gasteiger partial charge >= 0.3 is 0 Å². The van der Waals surface area contributed by atoms with E-state index >= 15 is 0 Å². The largest absolute Gasteiger partial charge is 0.438 e. The molecular formula is C15H15NO. The number of fused-ring (bicyclic) bond motifs is 2. The fraction of sp³-hybridized carbons (Fsp3) is 0.267. The molecule has 1 aliphatic rings. The standard InChI is InChI=1S/C15H15NO/c1-2-11-5-3-7-14-13(11)9-8-12-6-4-10-16-15(12)17-14/h3-7,10H,2,8-9H2,1H3. The van der Waals surface area contributed by atoms with E-state index in [4.69, 9.17) is 4.74 Å². The van der Waals surface area contributed by atoms with Gasteiger partial charge in [0.15, 0.2) is 0 Å². The molecule has 86 valence electrons. The minimum atomic E-state index is 0.763. The maximum absolute atomic E-state index is 5.93. The highest BCUT2D eigenvalue weighted by atomic mass is 16.5. The van der Waals surface area contributed by atoms with Crippen LogP contribution in [0.4, 0.5) is 0 Å². The number of rotatable bonds is 1. The molecule has 2 heterocycles. The van der Waals surface area contributed by atoms with Crippen LogP contribution in [0.5, 0.6) is 11.6 Å². The molecule has 0 radical (unpaired) electrons. The maximum atomic E-state index is 5.93. The van der Waals surface area contributed by atoms with Crippen molar-refractivity contribution in [3.05, 3.63) is 53.2 Å². The van der Waals surface area contributed by atoms with Crippen LogP contribution >= 0.6 is 0 Å². The number of benzene rings is 1. The SMILES string of the molecule is CCc1cccc2c1CCc1cccnc1O2. The molecule has 17 heavy (non-hydrogen) atoms. The molecule has 0 bridgehead atoms. The number of hydrogen-bond acceptors (Lipinski definition) is 2. The summed E-state index contributed by atoms with van der Waals surface area (Å²) in [7, 11) is 0. The highest BCUT2D eigenvalue weighted by Crippen LogP contribution is 2.33. The number of nitrogens with zero attached hydrogens (tertiary/aromatic N) is 1. The van der Waals surface area contributed by atoms with Crippen molar-refractivity contribution in [3.8, 4) is 11.6 Å². The Morgan fingerprint density at radius 1 is 1.18 bits per heavy atom. The molecule has 0 amide bonds. The summed E-state index contributed by atoms with van der Waals surface area (Å²) in [4.78, 5) is 4.31. The predicted molar refractivity (Wildman–Crippen MR) is 67.5 cm³/mol. The number of hydrogen-bond donors (Lipinski definition) is 0. The van der Waals surface area contributed by atoms with Crippen LogP contribution in [0.1, 0.15) is 23.6 Å². The van der Waals surface area contributed by atoms with Crippen molar-refractivity contribution >= 4 is 0 Å². The van der Waals surface area contributed by atoms with E-state index in [1.165, 1.54) is 16.7 Å². The third-order valence-electron chi connectivity index (χ3n) is 3.31. The van der Waals surface area contributed by atoms with E-state index in [0.29, 0.717) is 0 Å². The molecule has 0 unspecified atom stereocenters. The van der Waals surface area contributed by atoms with Gasteiger partial charge in [0, 0.05) is 11.8 Å². The van der Waals surface area contributed by atoms with Gasteiger partial charge in [0.1, 0.15) is 5.75 Å². The molecule has 0 atom stereocenters. The van der Waals surface area contributed by atoms with Crippen molar-refractivity contribution in [1.82, 2.24) is 4.98 Å². The van der Waals surface area contributed by atoms with Crippen molar-refractivity contribution in [2.75, 3.05) is 0 Å². The van der Waals surface area contributed by atoms with Crippen LogP contribution in [0, 0.1) is 0 Å². The molecule has 2 nitrogen and oxygen atoms in total. The van der Waals surface area contributed by atoms with Gasteiger partial charge in [0.05, 0.1) is 0 Å². The summed E-state index contributed by atoms with van der Waals surface area (Å²) < 4.78 is 5.93. The number of ether oxygens (including phenoxy) is 1. The van der Waals surface area contributed by atoms with E-state index in [1.54, 1.807) is 6.20 Å². The Bertz CT molecular complexity index is 548. The molecule has 1 aromatic heterocycles. The fourth-order valence-electron chi connectivity index (χ4n) is 2.39. The molecule has 0 saturated carbocycles. The lowest BCUT2D eigenvalue weighted by Crippen LogP contribution is -1.95. The molecule has 0 aliphatic carbocycles. The van der Waals surface area contributed by atoms with E-state index in [2.05, 4.69) is 30.1 Å². The number of aryl methyl sites for hydroxylation is 2. The lowest BCUT2D eigenvalue weighted by Gasteiger charge is -2.10. The van der Waals surface area contributed by atoms with Gasteiger partial charge in [0.2, 0.25) is 5.88 Å². The fourth-order valence-corrected chi connectivity index (χ4v) is 2.39. The van der Waals surface area contributed by atoms with Gasteiger partial charge in [0.25, 0.3) is 0 Å². The highest BCUT2D eigenvalue weighted by Gasteiger charge is 2.16. The van der Waals surface area contributed by atoms with Crippen molar-refractivity contribution in [3.63, 3.8) is 0 Å². The van der Waals surface area contributed by atoms with Crippen LogP contribution in [-0.4, -0.2) is 4.98 Å². The first-order chi connectivity index (χ1) is 8.38. The van der Waals surface area contributed by atoms with Crippen molar-refractivity contribution < 1.29 is 4.74 Å². The zero-order valence-electron chi connectivity index (χ0n) is 9.94. The Hall–Kier alpha value is -1.83. The van der Waals surface area contributed by atoms with Gasteiger partial charge in [-0.15, -0.1) is 0 Å². The van der Waals surface area contributed by atoms with E-state index in [1.807, 2.05) is 12.1 Å². The van der Waals surface area contributed by atoms with Crippen LogP contribution in [0.15, 0.2) is 36.5 Å². The van der Waals surface area contributed by atoms with E-state index in [-0.39, 0.29) is 0 Å². The Labute approximate surface area is 101 Å². The average molecular weight is 225 g/mol. The normalized spacial score (nSPS) is 13.2. The third kappa shape index (κ3) is 1.80. The third-order valence-corrected chi connectivity index (χ3v) is 3.31. The Morgan fingerprint density at radius 3 is 3.00 bits per heavy atom. The van der Waals surface area contributed by atoms with Crippen molar-refractivity contribution in [2.24, 2.45) is 0 Å². The zero-order chi connectivity index (χ0) is 11.7. The summed E-state index contributed by atoms with van der Waals surface area (Å²) in [6.45, 7) is 2.19. The summed E-state index contributed by atoms with van der Waals surface area (Å²) in [5.74, 6) is 1.74. The summed E-state index contributed by atoms with van der Waals surface area (Å²) in [6, 6.07) is 10.4. The minimum Gasteiger partial charge on any atom is -0.438 e. The summed E-state index contributed by atoms with van der Waals surface area (Å²) in [5.41, 5.74) is 3.93. The Kier molecular flexibility index (Phi) is 2.56. The molecule has 2 heteroatoms. The summed E-state index contributed by atoms with van der Waals surface area (Å²) in [5, 5.41) is 0. The molecule has 1 aromatic carbocycles.